The van der Waals surface area contributed by atoms with E-state index in [1.165, 1.54) is 23.4 Å². The van der Waals surface area contributed by atoms with E-state index >= 15 is 0 Å². The number of rotatable bonds is 6. The molecule has 0 saturated heterocycles. The Hall–Kier alpha value is -2.32. The van der Waals surface area contributed by atoms with Gasteiger partial charge in [-0.1, -0.05) is 22.0 Å². The summed E-state index contributed by atoms with van der Waals surface area (Å²) in [6, 6.07) is 10.1. The van der Waals surface area contributed by atoms with Crippen LogP contribution in [-0.4, -0.2) is 25.5 Å². The van der Waals surface area contributed by atoms with Gasteiger partial charge in [0.15, 0.2) is 5.60 Å². The highest BCUT2D eigenvalue weighted by molar-refractivity contribution is 9.10. The molecule has 1 atom stereocenters. The summed E-state index contributed by atoms with van der Waals surface area (Å²) in [5.41, 5.74) is -3.27. The Morgan fingerprint density at radius 1 is 1.15 bits per heavy atom. The maximum atomic E-state index is 14.6. The van der Waals surface area contributed by atoms with E-state index in [1.807, 2.05) is 0 Å². The van der Waals surface area contributed by atoms with Crippen molar-refractivity contribution in [3.05, 3.63) is 76.8 Å². The fourth-order valence-corrected chi connectivity index (χ4v) is 3.12. The van der Waals surface area contributed by atoms with Crippen LogP contribution < -0.4 is 4.74 Å². The van der Waals surface area contributed by atoms with Crippen LogP contribution in [0.5, 0.6) is 5.75 Å². The van der Waals surface area contributed by atoms with Crippen LogP contribution in [-0.2, 0) is 12.1 Å². The molecular formula is C19H18BrF2N3O2. The van der Waals surface area contributed by atoms with Crippen molar-refractivity contribution in [2.45, 2.75) is 31.6 Å². The molecule has 0 fully saturated rings. The van der Waals surface area contributed by atoms with Gasteiger partial charge in [-0.15, -0.1) is 0 Å². The van der Waals surface area contributed by atoms with Crippen LogP contribution in [0.15, 0.2) is 59.6 Å². The van der Waals surface area contributed by atoms with Gasteiger partial charge in [-0.25, -0.2) is 18.4 Å². The van der Waals surface area contributed by atoms with Crippen LogP contribution in [0.25, 0.3) is 0 Å². The third-order valence-corrected chi connectivity index (χ3v) is 4.95. The summed E-state index contributed by atoms with van der Waals surface area (Å²) in [5, 5.41) is 15.6. The van der Waals surface area contributed by atoms with Gasteiger partial charge in [0.05, 0.1) is 6.54 Å². The lowest BCUT2D eigenvalue weighted by Gasteiger charge is -2.42. The lowest BCUT2D eigenvalue weighted by atomic mass is 9.79. The third kappa shape index (κ3) is 4.01. The summed E-state index contributed by atoms with van der Waals surface area (Å²) in [5.74, 6) is -1.11. The van der Waals surface area contributed by atoms with Gasteiger partial charge in [-0.2, -0.15) is 5.10 Å². The van der Waals surface area contributed by atoms with E-state index in [0.717, 1.165) is 16.6 Å². The lowest BCUT2D eigenvalue weighted by molar-refractivity contribution is -0.135. The van der Waals surface area contributed by atoms with Gasteiger partial charge in [0.2, 0.25) is 0 Å². The molecular weight excluding hydrogens is 420 g/mol. The van der Waals surface area contributed by atoms with Gasteiger partial charge in [-0.3, -0.25) is 0 Å². The standard InChI is InChI=1S/C19H18BrF2N3O2/c1-18(2,27-15-6-3-13(20)4-7-15)19(26,10-25-12-23-11-24-25)16-8-5-14(21)9-17(16)22/h3-9,11-12,26H,10H2,1-2H3. The molecule has 5 nitrogen and oxygen atoms in total. The quantitative estimate of drug-likeness (QED) is 0.631. The van der Waals surface area contributed by atoms with E-state index < -0.39 is 22.8 Å². The fourth-order valence-electron chi connectivity index (χ4n) is 2.86. The molecule has 2 aromatic carbocycles. The van der Waals surface area contributed by atoms with E-state index in [1.54, 1.807) is 38.1 Å². The molecule has 0 radical (unpaired) electrons. The average molecular weight is 438 g/mol. The number of hydrogen-bond acceptors (Lipinski definition) is 4. The largest absolute Gasteiger partial charge is 0.484 e. The van der Waals surface area contributed by atoms with Gasteiger partial charge in [0, 0.05) is 16.1 Å². The molecule has 0 aliphatic rings. The molecule has 3 rings (SSSR count). The zero-order chi connectivity index (χ0) is 19.7. The average Bonchev–Trinajstić information content (AvgIpc) is 3.09. The Morgan fingerprint density at radius 3 is 2.44 bits per heavy atom. The fraction of sp³-hybridized carbons (Fsp3) is 0.263. The normalized spacial score (nSPS) is 14.0. The van der Waals surface area contributed by atoms with Crippen molar-refractivity contribution in [1.82, 2.24) is 14.8 Å². The molecule has 0 bridgehead atoms. The summed E-state index contributed by atoms with van der Waals surface area (Å²) in [7, 11) is 0. The number of nitrogens with zero attached hydrogens (tertiary/aromatic N) is 3. The third-order valence-electron chi connectivity index (χ3n) is 4.42. The van der Waals surface area contributed by atoms with Crippen molar-refractivity contribution in [3.63, 3.8) is 0 Å². The highest BCUT2D eigenvalue weighted by Crippen LogP contribution is 2.39. The van der Waals surface area contributed by atoms with Crippen molar-refractivity contribution >= 4 is 15.9 Å². The Balaban J connectivity index is 2.05. The van der Waals surface area contributed by atoms with E-state index in [2.05, 4.69) is 26.0 Å². The molecule has 27 heavy (non-hydrogen) atoms. The first-order chi connectivity index (χ1) is 12.7. The monoisotopic (exact) mass is 437 g/mol. The molecule has 1 N–H and O–H groups in total. The molecule has 1 aromatic heterocycles. The van der Waals surface area contributed by atoms with Crippen LogP contribution >= 0.6 is 15.9 Å². The zero-order valence-electron chi connectivity index (χ0n) is 14.7. The van der Waals surface area contributed by atoms with Crippen LogP contribution in [0, 0.1) is 11.6 Å². The van der Waals surface area contributed by atoms with Crippen molar-refractivity contribution < 1.29 is 18.6 Å². The summed E-state index contributed by atoms with van der Waals surface area (Å²) in [6.07, 6.45) is 2.71. The molecule has 142 valence electrons. The number of halogens is 3. The molecule has 3 aromatic rings. The molecule has 0 aliphatic carbocycles. The molecule has 1 unspecified atom stereocenters. The molecule has 0 amide bonds. The molecule has 1 heterocycles. The van der Waals surface area contributed by atoms with Crippen molar-refractivity contribution in [2.24, 2.45) is 0 Å². The Bertz CT molecular complexity index is 917. The second-order valence-corrected chi connectivity index (χ2v) is 7.56. The van der Waals surface area contributed by atoms with E-state index in [-0.39, 0.29) is 12.1 Å². The Kier molecular flexibility index (Phi) is 5.30. The smallest absolute Gasteiger partial charge is 0.151 e. The van der Waals surface area contributed by atoms with Crippen molar-refractivity contribution in [1.29, 1.82) is 0 Å². The number of aromatic nitrogens is 3. The maximum Gasteiger partial charge on any atom is 0.151 e. The maximum absolute atomic E-state index is 14.6. The number of aliphatic hydroxyl groups is 1. The first-order valence-electron chi connectivity index (χ1n) is 8.16. The van der Waals surface area contributed by atoms with Crippen LogP contribution in [0.4, 0.5) is 8.78 Å². The van der Waals surface area contributed by atoms with Crippen LogP contribution in [0.3, 0.4) is 0 Å². The topological polar surface area (TPSA) is 60.2 Å². The minimum atomic E-state index is -1.87. The van der Waals surface area contributed by atoms with E-state index in [4.69, 9.17) is 4.74 Å². The summed E-state index contributed by atoms with van der Waals surface area (Å²) < 4.78 is 36.3. The molecule has 8 heteroatoms. The minimum Gasteiger partial charge on any atom is -0.484 e. The summed E-state index contributed by atoms with van der Waals surface area (Å²) >= 11 is 3.35. The van der Waals surface area contributed by atoms with E-state index in [9.17, 15) is 13.9 Å². The van der Waals surface area contributed by atoms with Crippen molar-refractivity contribution in [2.75, 3.05) is 0 Å². The summed E-state index contributed by atoms with van der Waals surface area (Å²) in [6.45, 7) is 3.13. The first-order valence-corrected chi connectivity index (χ1v) is 8.95. The predicted octanol–water partition coefficient (Wildman–Crippen LogP) is 4.06. The number of hydrogen-bond donors (Lipinski definition) is 1. The second kappa shape index (κ2) is 7.36. The molecule has 0 saturated carbocycles. The highest BCUT2D eigenvalue weighted by atomic mass is 79.9. The van der Waals surface area contributed by atoms with Gasteiger partial charge >= 0.3 is 0 Å². The van der Waals surface area contributed by atoms with Gasteiger partial charge in [0.1, 0.15) is 35.6 Å². The predicted molar refractivity (Wildman–Crippen MR) is 99.1 cm³/mol. The Labute approximate surface area is 163 Å². The summed E-state index contributed by atoms with van der Waals surface area (Å²) in [4.78, 5) is 3.85. The Morgan fingerprint density at radius 2 is 1.85 bits per heavy atom. The van der Waals surface area contributed by atoms with E-state index in [0.29, 0.717) is 5.75 Å². The minimum absolute atomic E-state index is 0.0958. The highest BCUT2D eigenvalue weighted by Gasteiger charge is 2.49. The SMILES string of the molecule is CC(C)(Oc1ccc(Br)cc1)C(O)(Cn1cncn1)c1ccc(F)cc1F. The van der Waals surface area contributed by atoms with Crippen LogP contribution in [0.1, 0.15) is 19.4 Å². The lowest BCUT2D eigenvalue weighted by Crippen LogP contribution is -2.54. The number of benzene rings is 2. The van der Waals surface area contributed by atoms with Gasteiger partial charge in [0.25, 0.3) is 0 Å². The van der Waals surface area contributed by atoms with Crippen LogP contribution in [0.2, 0.25) is 0 Å². The second-order valence-electron chi connectivity index (χ2n) is 6.64. The molecule has 0 aliphatic heterocycles. The van der Waals surface area contributed by atoms with Crippen molar-refractivity contribution in [3.8, 4) is 5.75 Å². The van der Waals surface area contributed by atoms with Gasteiger partial charge < -0.3 is 9.84 Å². The zero-order valence-corrected chi connectivity index (χ0v) is 16.3. The number of ether oxygens (including phenoxy) is 1. The first kappa shape index (κ1) is 19.4. The van der Waals surface area contributed by atoms with Gasteiger partial charge in [-0.05, 0) is 44.2 Å². The molecule has 0 spiro atoms.